The Bertz CT molecular complexity index is 924. The summed E-state index contributed by atoms with van der Waals surface area (Å²) in [6.45, 7) is 2.39. The minimum atomic E-state index is -0.807. The maximum Gasteiger partial charge on any atom is 0.227 e. The fraction of sp³-hybridized carbons (Fsp3) is 0.364. The van der Waals surface area contributed by atoms with Crippen LogP contribution in [0.1, 0.15) is 30.1 Å². The second-order valence-corrected chi connectivity index (χ2v) is 7.33. The fourth-order valence-electron chi connectivity index (χ4n) is 3.65. The Morgan fingerprint density at radius 3 is 2.59 bits per heavy atom. The van der Waals surface area contributed by atoms with Gasteiger partial charge in [-0.2, -0.15) is 4.98 Å². The van der Waals surface area contributed by atoms with Gasteiger partial charge in [-0.1, -0.05) is 35.5 Å². The van der Waals surface area contributed by atoms with Gasteiger partial charge in [0.15, 0.2) is 17.5 Å². The van der Waals surface area contributed by atoms with Gasteiger partial charge in [0.1, 0.15) is 0 Å². The van der Waals surface area contributed by atoms with Gasteiger partial charge in [-0.25, -0.2) is 8.78 Å². The van der Waals surface area contributed by atoms with E-state index in [0.29, 0.717) is 30.6 Å². The van der Waals surface area contributed by atoms with Gasteiger partial charge in [-0.05, 0) is 30.5 Å². The van der Waals surface area contributed by atoms with Gasteiger partial charge in [0, 0.05) is 50.3 Å². The normalized spacial score (nSPS) is 15.0. The molecule has 1 aromatic heterocycles. The smallest absolute Gasteiger partial charge is 0.227 e. The highest BCUT2D eigenvalue weighted by atomic mass is 19.2. The van der Waals surface area contributed by atoms with Gasteiger partial charge in [0.25, 0.3) is 0 Å². The maximum atomic E-state index is 13.4. The number of hydrogen-bond acceptors (Lipinski definition) is 5. The first-order valence-electron chi connectivity index (χ1n) is 9.96. The molecule has 0 amide bonds. The molecule has 1 saturated heterocycles. The molecule has 1 aliphatic heterocycles. The number of nitrogens with zero attached hydrogens (tertiary/aromatic N) is 3. The summed E-state index contributed by atoms with van der Waals surface area (Å²) in [5.74, 6) is -0.263. The number of anilines is 1. The SMILES string of the molecule is Fc1ccc(N2CCC(NCCc3nc(Cc4ccccc4)no3)CC2)cc1F. The van der Waals surface area contributed by atoms with Crippen molar-refractivity contribution in [2.24, 2.45) is 0 Å². The van der Waals surface area contributed by atoms with Gasteiger partial charge < -0.3 is 14.7 Å². The summed E-state index contributed by atoms with van der Waals surface area (Å²) in [4.78, 5) is 6.55. The highest BCUT2D eigenvalue weighted by molar-refractivity contribution is 5.47. The molecule has 3 aromatic rings. The van der Waals surface area contributed by atoms with Crippen molar-refractivity contribution in [1.82, 2.24) is 15.5 Å². The Hall–Kier alpha value is -2.80. The molecule has 0 unspecified atom stereocenters. The van der Waals surface area contributed by atoms with Crippen LogP contribution in [0.15, 0.2) is 53.1 Å². The molecule has 2 heterocycles. The minimum Gasteiger partial charge on any atom is -0.371 e. The van der Waals surface area contributed by atoms with Crippen LogP contribution in [0.2, 0.25) is 0 Å². The van der Waals surface area contributed by atoms with Gasteiger partial charge in [0.2, 0.25) is 5.89 Å². The Morgan fingerprint density at radius 1 is 1.03 bits per heavy atom. The molecule has 5 nitrogen and oxygen atoms in total. The van der Waals surface area contributed by atoms with Gasteiger partial charge in [-0.15, -0.1) is 0 Å². The van der Waals surface area contributed by atoms with E-state index in [4.69, 9.17) is 4.52 Å². The van der Waals surface area contributed by atoms with Crippen LogP contribution in [0.5, 0.6) is 0 Å². The zero-order chi connectivity index (χ0) is 20.1. The van der Waals surface area contributed by atoms with Crippen LogP contribution in [0.25, 0.3) is 0 Å². The highest BCUT2D eigenvalue weighted by Crippen LogP contribution is 2.22. The minimum absolute atomic E-state index is 0.392. The lowest BCUT2D eigenvalue weighted by Crippen LogP contribution is -2.43. The Labute approximate surface area is 168 Å². The summed E-state index contributed by atoms with van der Waals surface area (Å²) in [6, 6.07) is 14.6. The van der Waals surface area contributed by atoms with E-state index in [1.165, 1.54) is 12.1 Å². The summed E-state index contributed by atoms with van der Waals surface area (Å²) >= 11 is 0. The molecule has 4 rings (SSSR count). The molecule has 1 N–H and O–H groups in total. The molecule has 29 heavy (non-hydrogen) atoms. The number of hydrogen-bond donors (Lipinski definition) is 1. The lowest BCUT2D eigenvalue weighted by atomic mass is 10.0. The molecular weight excluding hydrogens is 374 g/mol. The molecular formula is C22H24F2N4O. The van der Waals surface area contributed by atoms with E-state index < -0.39 is 11.6 Å². The zero-order valence-electron chi connectivity index (χ0n) is 16.2. The standard InChI is InChI=1S/C22H24F2N4O/c23-19-7-6-18(15-20(19)24)28-12-9-17(10-13-28)25-11-8-22-26-21(27-29-22)14-16-4-2-1-3-5-16/h1-7,15,17,25H,8-14H2. The average molecular weight is 398 g/mol. The summed E-state index contributed by atoms with van der Waals surface area (Å²) < 4.78 is 31.9. The number of benzene rings is 2. The van der Waals surface area contributed by atoms with Crippen LogP contribution in [-0.4, -0.2) is 35.8 Å². The van der Waals surface area contributed by atoms with Crippen LogP contribution in [0.3, 0.4) is 0 Å². The molecule has 0 aliphatic carbocycles. The summed E-state index contributed by atoms with van der Waals surface area (Å²) in [5.41, 5.74) is 1.89. The van der Waals surface area contributed by atoms with Gasteiger partial charge in [0.05, 0.1) is 0 Å². The zero-order valence-corrected chi connectivity index (χ0v) is 16.2. The predicted molar refractivity (Wildman–Crippen MR) is 107 cm³/mol. The molecule has 0 saturated carbocycles. The molecule has 7 heteroatoms. The first-order valence-corrected chi connectivity index (χ1v) is 9.96. The second kappa shape index (κ2) is 9.13. The molecule has 0 atom stereocenters. The van der Waals surface area contributed by atoms with E-state index in [-0.39, 0.29) is 0 Å². The first-order chi connectivity index (χ1) is 14.2. The Kier molecular flexibility index (Phi) is 6.14. The van der Waals surface area contributed by atoms with Crippen LogP contribution in [0, 0.1) is 11.6 Å². The van der Waals surface area contributed by atoms with E-state index in [9.17, 15) is 8.78 Å². The van der Waals surface area contributed by atoms with Crippen LogP contribution >= 0.6 is 0 Å². The Balaban J connectivity index is 1.20. The third-order valence-corrected chi connectivity index (χ3v) is 5.25. The van der Waals surface area contributed by atoms with Crippen molar-refractivity contribution in [3.63, 3.8) is 0 Å². The topological polar surface area (TPSA) is 54.2 Å². The average Bonchev–Trinajstić information content (AvgIpc) is 3.18. The summed E-state index contributed by atoms with van der Waals surface area (Å²) in [6.07, 6.45) is 3.25. The summed E-state index contributed by atoms with van der Waals surface area (Å²) in [7, 11) is 0. The molecule has 0 bridgehead atoms. The van der Waals surface area contributed by atoms with E-state index >= 15 is 0 Å². The number of halogens is 2. The molecule has 152 valence electrons. The molecule has 0 radical (unpaired) electrons. The van der Waals surface area contributed by atoms with E-state index in [1.807, 2.05) is 30.3 Å². The van der Waals surface area contributed by atoms with E-state index in [0.717, 1.165) is 43.7 Å². The number of nitrogens with one attached hydrogen (secondary N) is 1. The monoisotopic (exact) mass is 398 g/mol. The number of rotatable bonds is 7. The van der Waals surface area contributed by atoms with Crippen molar-refractivity contribution < 1.29 is 13.3 Å². The third-order valence-electron chi connectivity index (χ3n) is 5.25. The Morgan fingerprint density at radius 2 is 1.83 bits per heavy atom. The van der Waals surface area contributed by atoms with Crippen LogP contribution < -0.4 is 10.2 Å². The first kappa shape index (κ1) is 19.5. The van der Waals surface area contributed by atoms with Crippen molar-refractivity contribution in [1.29, 1.82) is 0 Å². The third kappa shape index (κ3) is 5.17. The predicted octanol–water partition coefficient (Wildman–Crippen LogP) is 3.74. The largest absolute Gasteiger partial charge is 0.371 e. The van der Waals surface area contributed by atoms with Crippen molar-refractivity contribution >= 4 is 5.69 Å². The number of aromatic nitrogens is 2. The van der Waals surface area contributed by atoms with Crippen molar-refractivity contribution in [3.8, 4) is 0 Å². The fourth-order valence-corrected chi connectivity index (χ4v) is 3.65. The number of piperidine rings is 1. The molecule has 1 fully saturated rings. The molecule has 2 aromatic carbocycles. The van der Waals surface area contributed by atoms with Gasteiger partial charge in [-0.3, -0.25) is 0 Å². The van der Waals surface area contributed by atoms with Crippen LogP contribution in [-0.2, 0) is 12.8 Å². The second-order valence-electron chi connectivity index (χ2n) is 7.33. The highest BCUT2D eigenvalue weighted by Gasteiger charge is 2.20. The summed E-state index contributed by atoms with van der Waals surface area (Å²) in [5, 5.41) is 7.59. The maximum absolute atomic E-state index is 13.4. The van der Waals surface area contributed by atoms with Gasteiger partial charge >= 0.3 is 0 Å². The van der Waals surface area contributed by atoms with E-state index in [2.05, 4.69) is 20.4 Å². The van der Waals surface area contributed by atoms with Crippen molar-refractivity contribution in [3.05, 3.63) is 77.4 Å². The molecule has 0 spiro atoms. The van der Waals surface area contributed by atoms with Crippen molar-refractivity contribution in [2.45, 2.75) is 31.7 Å². The van der Waals surface area contributed by atoms with Crippen molar-refractivity contribution in [2.75, 3.05) is 24.5 Å². The van der Waals surface area contributed by atoms with Crippen LogP contribution in [0.4, 0.5) is 14.5 Å². The lowest BCUT2D eigenvalue weighted by Gasteiger charge is -2.34. The molecule has 1 aliphatic rings. The van der Waals surface area contributed by atoms with E-state index in [1.54, 1.807) is 6.07 Å². The quantitative estimate of drug-likeness (QED) is 0.657. The lowest BCUT2D eigenvalue weighted by molar-refractivity contribution is 0.360.